The maximum Gasteiger partial charge on any atom is 0.149 e. The first kappa shape index (κ1) is 8.75. The van der Waals surface area contributed by atoms with E-state index >= 15 is 0 Å². The van der Waals surface area contributed by atoms with Crippen molar-refractivity contribution in [3.8, 4) is 0 Å². The van der Waals surface area contributed by atoms with E-state index in [0.717, 1.165) is 5.92 Å². The summed E-state index contributed by atoms with van der Waals surface area (Å²) in [7, 11) is 0. The van der Waals surface area contributed by atoms with Gasteiger partial charge in [-0.25, -0.2) is 10.9 Å². The summed E-state index contributed by atoms with van der Waals surface area (Å²) in [5, 5.41) is 3.27. The first-order valence-electron chi connectivity index (χ1n) is 4.77. The van der Waals surface area contributed by atoms with E-state index in [9.17, 15) is 0 Å². The molecule has 0 aromatic heterocycles. The number of halogens is 1. The number of nitrogens with one attached hydrogen (secondary N) is 3. The van der Waals surface area contributed by atoms with Gasteiger partial charge in [-0.1, -0.05) is 30.9 Å². The summed E-state index contributed by atoms with van der Waals surface area (Å²) < 4.78 is 0. The molecule has 1 aliphatic heterocycles. The molecule has 12 heavy (non-hydrogen) atoms. The van der Waals surface area contributed by atoms with Crippen LogP contribution in [0.1, 0.15) is 32.1 Å². The van der Waals surface area contributed by atoms with Crippen molar-refractivity contribution in [2.24, 2.45) is 5.92 Å². The molecule has 1 aliphatic carbocycles. The third-order valence-corrected chi connectivity index (χ3v) is 3.05. The summed E-state index contributed by atoms with van der Waals surface area (Å²) >= 11 is 5.84. The summed E-state index contributed by atoms with van der Waals surface area (Å²) in [4.78, 5) is 0. The Labute approximate surface area is 78.2 Å². The second-order valence-electron chi connectivity index (χ2n) is 3.69. The number of hydrazine groups is 1. The van der Waals surface area contributed by atoms with E-state index in [0.29, 0.717) is 6.17 Å². The Bertz CT molecular complexity index is 144. The topological polar surface area (TPSA) is 36.1 Å². The van der Waals surface area contributed by atoms with Crippen molar-refractivity contribution in [3.63, 3.8) is 0 Å². The van der Waals surface area contributed by atoms with E-state index in [2.05, 4.69) is 16.2 Å². The molecule has 0 radical (unpaired) electrons. The van der Waals surface area contributed by atoms with Gasteiger partial charge < -0.3 is 0 Å². The molecule has 2 unspecified atom stereocenters. The predicted molar refractivity (Wildman–Crippen MR) is 49.4 cm³/mol. The van der Waals surface area contributed by atoms with Crippen LogP contribution in [-0.2, 0) is 0 Å². The molecular weight excluding hydrogens is 174 g/mol. The molecule has 4 heteroatoms. The summed E-state index contributed by atoms with van der Waals surface area (Å²) in [5.74, 6) is 0.759. The lowest BCUT2D eigenvalue weighted by Crippen LogP contribution is -2.41. The Hall–Kier alpha value is 0.170. The van der Waals surface area contributed by atoms with Crippen LogP contribution in [0.15, 0.2) is 0 Å². The molecule has 0 spiro atoms. The average molecular weight is 190 g/mol. The van der Waals surface area contributed by atoms with Crippen LogP contribution in [0.3, 0.4) is 0 Å². The third kappa shape index (κ3) is 1.91. The fourth-order valence-corrected chi connectivity index (χ4v) is 2.32. The molecule has 1 saturated carbocycles. The molecule has 0 bridgehead atoms. The Morgan fingerprint density at radius 1 is 1.00 bits per heavy atom. The molecule has 3 nitrogen and oxygen atoms in total. The lowest BCUT2D eigenvalue weighted by atomic mass is 9.87. The van der Waals surface area contributed by atoms with Crippen molar-refractivity contribution in [1.82, 2.24) is 16.2 Å². The van der Waals surface area contributed by atoms with Gasteiger partial charge in [0.25, 0.3) is 0 Å². The predicted octanol–water partition coefficient (Wildman–Crippen LogP) is 1.11. The zero-order chi connectivity index (χ0) is 8.39. The number of hydrogen-bond acceptors (Lipinski definition) is 3. The summed E-state index contributed by atoms with van der Waals surface area (Å²) in [6.45, 7) is 0. The van der Waals surface area contributed by atoms with Crippen LogP contribution in [-0.4, -0.2) is 11.8 Å². The van der Waals surface area contributed by atoms with Crippen molar-refractivity contribution >= 4 is 11.6 Å². The minimum Gasteiger partial charge on any atom is -0.271 e. The normalized spacial score (nSPS) is 38.8. The first-order valence-corrected chi connectivity index (χ1v) is 5.21. The Kier molecular flexibility index (Phi) is 2.86. The summed E-state index contributed by atoms with van der Waals surface area (Å²) in [6, 6.07) is 0. The first-order chi connectivity index (χ1) is 5.86. The smallest absolute Gasteiger partial charge is 0.149 e. The van der Waals surface area contributed by atoms with Gasteiger partial charge in [0.2, 0.25) is 0 Å². The molecule has 2 rings (SSSR count). The highest BCUT2D eigenvalue weighted by molar-refractivity contribution is 6.20. The molecule has 2 atom stereocenters. The molecule has 2 aliphatic rings. The molecule has 1 heterocycles. The zero-order valence-corrected chi connectivity index (χ0v) is 7.90. The number of alkyl halides is 1. The Morgan fingerprint density at radius 2 is 1.75 bits per heavy atom. The van der Waals surface area contributed by atoms with E-state index in [1.807, 2.05) is 0 Å². The molecule has 0 amide bonds. The Morgan fingerprint density at radius 3 is 2.33 bits per heavy atom. The minimum atomic E-state index is -0.100. The molecule has 0 aromatic carbocycles. The molecular formula is C8H16ClN3. The number of hydrogen-bond donors (Lipinski definition) is 3. The van der Waals surface area contributed by atoms with E-state index < -0.39 is 0 Å². The van der Waals surface area contributed by atoms with Crippen LogP contribution >= 0.6 is 11.6 Å². The van der Waals surface area contributed by atoms with Gasteiger partial charge in [0.15, 0.2) is 0 Å². The van der Waals surface area contributed by atoms with Gasteiger partial charge in [0.05, 0.1) is 6.17 Å². The minimum absolute atomic E-state index is 0.100. The maximum absolute atomic E-state index is 5.84. The SMILES string of the molecule is ClC1NNC(C2CCCCC2)N1. The molecule has 70 valence electrons. The molecule has 1 saturated heterocycles. The lowest BCUT2D eigenvalue weighted by molar-refractivity contribution is 0.265. The van der Waals surface area contributed by atoms with Gasteiger partial charge in [-0.15, -0.1) is 0 Å². The van der Waals surface area contributed by atoms with Gasteiger partial charge in [-0.3, -0.25) is 5.32 Å². The highest BCUT2D eigenvalue weighted by atomic mass is 35.5. The maximum atomic E-state index is 5.84. The van der Waals surface area contributed by atoms with Crippen LogP contribution < -0.4 is 16.2 Å². The third-order valence-electron chi connectivity index (χ3n) is 2.81. The van der Waals surface area contributed by atoms with Crippen LogP contribution in [0, 0.1) is 5.92 Å². The van der Waals surface area contributed by atoms with Gasteiger partial charge in [-0.05, 0) is 18.8 Å². The second kappa shape index (κ2) is 3.92. The van der Waals surface area contributed by atoms with Crippen molar-refractivity contribution < 1.29 is 0 Å². The van der Waals surface area contributed by atoms with E-state index in [-0.39, 0.29) is 5.62 Å². The highest BCUT2D eigenvalue weighted by Gasteiger charge is 2.28. The van der Waals surface area contributed by atoms with Crippen LogP contribution in [0.25, 0.3) is 0 Å². The quantitative estimate of drug-likeness (QED) is 0.427. The van der Waals surface area contributed by atoms with Crippen molar-refractivity contribution in [3.05, 3.63) is 0 Å². The standard InChI is InChI=1S/C8H16ClN3/c9-8-10-7(11-12-8)6-4-2-1-3-5-6/h6-8,10-12H,1-5H2. The van der Waals surface area contributed by atoms with Crippen molar-refractivity contribution in [2.45, 2.75) is 43.9 Å². The van der Waals surface area contributed by atoms with Gasteiger partial charge in [0, 0.05) is 0 Å². The summed E-state index contributed by atoms with van der Waals surface area (Å²) in [6.07, 6.45) is 7.19. The van der Waals surface area contributed by atoms with E-state index in [1.165, 1.54) is 32.1 Å². The average Bonchev–Trinajstić information content (AvgIpc) is 2.54. The molecule has 3 N–H and O–H groups in total. The molecule has 0 aromatic rings. The summed E-state index contributed by atoms with van der Waals surface area (Å²) in [5.41, 5.74) is 6.05. The van der Waals surface area contributed by atoms with Gasteiger partial charge in [-0.2, -0.15) is 0 Å². The van der Waals surface area contributed by atoms with Crippen LogP contribution in [0.4, 0.5) is 0 Å². The monoisotopic (exact) mass is 189 g/mol. The van der Waals surface area contributed by atoms with Crippen molar-refractivity contribution in [1.29, 1.82) is 0 Å². The van der Waals surface area contributed by atoms with Gasteiger partial charge in [0.1, 0.15) is 5.62 Å². The van der Waals surface area contributed by atoms with E-state index in [4.69, 9.17) is 11.6 Å². The Balaban J connectivity index is 1.83. The van der Waals surface area contributed by atoms with Crippen molar-refractivity contribution in [2.75, 3.05) is 0 Å². The molecule has 2 fully saturated rings. The fourth-order valence-electron chi connectivity index (χ4n) is 2.13. The zero-order valence-electron chi connectivity index (χ0n) is 7.15. The fraction of sp³-hybridized carbons (Fsp3) is 1.00. The van der Waals surface area contributed by atoms with Crippen LogP contribution in [0.5, 0.6) is 0 Å². The second-order valence-corrected chi connectivity index (χ2v) is 4.13. The highest BCUT2D eigenvalue weighted by Crippen LogP contribution is 2.26. The lowest BCUT2D eigenvalue weighted by Gasteiger charge is -2.26. The van der Waals surface area contributed by atoms with Crippen LogP contribution in [0.2, 0.25) is 0 Å². The van der Waals surface area contributed by atoms with E-state index in [1.54, 1.807) is 0 Å². The largest absolute Gasteiger partial charge is 0.271 e. The van der Waals surface area contributed by atoms with Gasteiger partial charge >= 0.3 is 0 Å². The number of rotatable bonds is 1.